The zero-order valence-corrected chi connectivity index (χ0v) is 14.4. The van der Waals surface area contributed by atoms with Gasteiger partial charge in [0.15, 0.2) is 0 Å². The largest absolute Gasteiger partial charge is 0.378 e. The summed E-state index contributed by atoms with van der Waals surface area (Å²) in [6.07, 6.45) is 0.930. The van der Waals surface area contributed by atoms with Crippen LogP contribution in [-0.2, 0) is 11.2 Å². The number of nitrogens with zero attached hydrogens (tertiary/aromatic N) is 1. The van der Waals surface area contributed by atoms with Gasteiger partial charge < -0.3 is 16.0 Å². The first-order chi connectivity index (χ1) is 11.9. The lowest BCUT2D eigenvalue weighted by Gasteiger charge is -2.14. The number of hydrogen-bond donors (Lipinski definition) is 2. The van der Waals surface area contributed by atoms with Crippen molar-refractivity contribution >= 4 is 11.6 Å². The van der Waals surface area contributed by atoms with Gasteiger partial charge in [-0.25, -0.2) is 8.78 Å². The van der Waals surface area contributed by atoms with E-state index in [9.17, 15) is 13.6 Å². The van der Waals surface area contributed by atoms with Gasteiger partial charge in [-0.05, 0) is 30.2 Å². The van der Waals surface area contributed by atoms with E-state index in [2.05, 4.69) is 5.32 Å². The molecule has 6 heteroatoms. The molecule has 0 bridgehead atoms. The van der Waals surface area contributed by atoms with Crippen molar-refractivity contribution in [2.24, 2.45) is 5.73 Å². The third-order valence-electron chi connectivity index (χ3n) is 3.97. The van der Waals surface area contributed by atoms with Crippen LogP contribution < -0.4 is 16.0 Å². The zero-order valence-electron chi connectivity index (χ0n) is 14.4. The minimum absolute atomic E-state index is 0.0982. The molecule has 0 radical (unpaired) electrons. The Morgan fingerprint density at radius 1 is 1.16 bits per heavy atom. The number of hydrogen-bond acceptors (Lipinski definition) is 3. The molecule has 0 saturated carbocycles. The van der Waals surface area contributed by atoms with Crippen LogP contribution in [0.4, 0.5) is 14.5 Å². The maximum absolute atomic E-state index is 13.6. The lowest BCUT2D eigenvalue weighted by Crippen LogP contribution is -2.32. The summed E-state index contributed by atoms with van der Waals surface area (Å²) in [7, 11) is 3.94. The molecule has 0 fully saturated rings. The van der Waals surface area contributed by atoms with Crippen LogP contribution in [0.25, 0.3) is 0 Å². The molecule has 0 heterocycles. The molecule has 0 aliphatic carbocycles. The Balaban J connectivity index is 1.80. The summed E-state index contributed by atoms with van der Waals surface area (Å²) in [5.74, 6) is -1.52. The summed E-state index contributed by atoms with van der Waals surface area (Å²) >= 11 is 0. The molecule has 2 aromatic rings. The molecule has 3 N–H and O–H groups in total. The van der Waals surface area contributed by atoms with E-state index in [-0.39, 0.29) is 18.0 Å². The first-order valence-electron chi connectivity index (χ1n) is 8.10. The third-order valence-corrected chi connectivity index (χ3v) is 3.97. The van der Waals surface area contributed by atoms with Gasteiger partial charge in [0.1, 0.15) is 11.6 Å². The van der Waals surface area contributed by atoms with E-state index in [0.29, 0.717) is 12.8 Å². The monoisotopic (exact) mass is 347 g/mol. The van der Waals surface area contributed by atoms with Crippen LogP contribution in [0.15, 0.2) is 42.5 Å². The number of benzene rings is 2. The molecule has 0 saturated heterocycles. The van der Waals surface area contributed by atoms with E-state index in [0.717, 1.165) is 23.4 Å². The lowest BCUT2D eigenvalue weighted by atomic mass is 10.1. The fraction of sp³-hybridized carbons (Fsp3) is 0.316. The summed E-state index contributed by atoms with van der Waals surface area (Å²) < 4.78 is 26.6. The molecule has 1 unspecified atom stereocenters. The second-order valence-corrected chi connectivity index (χ2v) is 6.14. The Kier molecular flexibility index (Phi) is 6.47. The van der Waals surface area contributed by atoms with Gasteiger partial charge in [-0.3, -0.25) is 4.79 Å². The van der Waals surface area contributed by atoms with Crippen LogP contribution in [0.1, 0.15) is 23.6 Å². The van der Waals surface area contributed by atoms with Crippen molar-refractivity contribution in [3.8, 4) is 0 Å². The van der Waals surface area contributed by atoms with E-state index < -0.39 is 17.7 Å². The maximum Gasteiger partial charge on any atom is 0.220 e. The smallest absolute Gasteiger partial charge is 0.220 e. The van der Waals surface area contributed by atoms with Crippen molar-refractivity contribution in [2.45, 2.75) is 18.9 Å². The molecule has 0 aromatic heterocycles. The van der Waals surface area contributed by atoms with Crippen LogP contribution in [0.5, 0.6) is 0 Å². The highest BCUT2D eigenvalue weighted by molar-refractivity contribution is 5.76. The molecule has 1 amide bonds. The van der Waals surface area contributed by atoms with Gasteiger partial charge in [-0.15, -0.1) is 0 Å². The quantitative estimate of drug-likeness (QED) is 0.810. The second-order valence-electron chi connectivity index (χ2n) is 6.14. The fourth-order valence-electron chi connectivity index (χ4n) is 2.44. The Morgan fingerprint density at radius 3 is 2.44 bits per heavy atom. The van der Waals surface area contributed by atoms with Gasteiger partial charge >= 0.3 is 0 Å². The Morgan fingerprint density at radius 2 is 1.84 bits per heavy atom. The molecular formula is C19H23F2N3O. The molecular weight excluding hydrogens is 324 g/mol. The maximum atomic E-state index is 13.6. The molecule has 0 aliphatic heterocycles. The number of rotatable bonds is 7. The zero-order chi connectivity index (χ0) is 18.4. The van der Waals surface area contributed by atoms with Crippen LogP contribution in [0, 0.1) is 11.6 Å². The van der Waals surface area contributed by atoms with E-state index in [1.807, 2.05) is 43.3 Å². The summed E-state index contributed by atoms with van der Waals surface area (Å²) in [6, 6.07) is 10.5. The first kappa shape index (κ1) is 18.9. The van der Waals surface area contributed by atoms with Gasteiger partial charge in [0, 0.05) is 44.4 Å². The minimum atomic E-state index is -0.719. The molecule has 2 rings (SSSR count). The van der Waals surface area contributed by atoms with Crippen molar-refractivity contribution in [3.63, 3.8) is 0 Å². The van der Waals surface area contributed by atoms with Crippen molar-refractivity contribution in [3.05, 3.63) is 65.2 Å². The fourth-order valence-corrected chi connectivity index (χ4v) is 2.44. The van der Waals surface area contributed by atoms with Crippen LogP contribution in [0.3, 0.4) is 0 Å². The van der Waals surface area contributed by atoms with E-state index in [1.165, 1.54) is 6.07 Å². The Hall–Kier alpha value is -2.47. The minimum Gasteiger partial charge on any atom is -0.378 e. The number of nitrogens with one attached hydrogen (secondary N) is 1. The lowest BCUT2D eigenvalue weighted by molar-refractivity contribution is -0.121. The highest BCUT2D eigenvalue weighted by Gasteiger charge is 2.13. The summed E-state index contributed by atoms with van der Waals surface area (Å²) in [5.41, 5.74) is 8.21. The third kappa shape index (κ3) is 5.53. The summed E-state index contributed by atoms with van der Waals surface area (Å²) in [5, 5.41) is 2.69. The average Bonchev–Trinajstić information content (AvgIpc) is 2.58. The van der Waals surface area contributed by atoms with Crippen LogP contribution in [-0.4, -0.2) is 26.5 Å². The van der Waals surface area contributed by atoms with Crippen molar-refractivity contribution < 1.29 is 13.6 Å². The molecule has 0 spiro atoms. The normalized spacial score (nSPS) is 11.9. The summed E-state index contributed by atoms with van der Waals surface area (Å²) in [6.45, 7) is 0.0982. The van der Waals surface area contributed by atoms with Crippen LogP contribution in [0.2, 0.25) is 0 Å². The molecule has 4 nitrogen and oxygen atoms in total. The first-order valence-corrected chi connectivity index (χ1v) is 8.10. The van der Waals surface area contributed by atoms with Crippen molar-refractivity contribution in [1.82, 2.24) is 5.32 Å². The van der Waals surface area contributed by atoms with Gasteiger partial charge in [-0.1, -0.05) is 18.2 Å². The number of amides is 1. The van der Waals surface area contributed by atoms with Gasteiger partial charge in [-0.2, -0.15) is 0 Å². The molecule has 134 valence electrons. The van der Waals surface area contributed by atoms with Gasteiger partial charge in [0.25, 0.3) is 0 Å². The van der Waals surface area contributed by atoms with Gasteiger partial charge in [0.05, 0.1) is 6.04 Å². The predicted molar refractivity (Wildman–Crippen MR) is 95.4 cm³/mol. The number of anilines is 1. The molecule has 0 aliphatic rings. The number of carbonyl (C=O) groups is 1. The van der Waals surface area contributed by atoms with Crippen molar-refractivity contribution in [1.29, 1.82) is 0 Å². The molecule has 1 atom stereocenters. The number of halogens is 2. The highest BCUT2D eigenvalue weighted by atomic mass is 19.1. The number of nitrogens with two attached hydrogens (primary N) is 1. The topological polar surface area (TPSA) is 58.4 Å². The Labute approximate surface area is 146 Å². The van der Waals surface area contributed by atoms with E-state index in [4.69, 9.17) is 5.73 Å². The van der Waals surface area contributed by atoms with Crippen LogP contribution >= 0.6 is 0 Å². The number of carbonyl (C=O) groups excluding carboxylic acids is 1. The average molecular weight is 347 g/mol. The Bertz CT molecular complexity index is 717. The van der Waals surface area contributed by atoms with Crippen molar-refractivity contribution in [2.75, 3.05) is 25.5 Å². The SMILES string of the molecule is CN(C)c1ccc(CCC(=O)NCC(N)c2ccc(F)cc2F)cc1. The summed E-state index contributed by atoms with van der Waals surface area (Å²) in [4.78, 5) is 13.9. The van der Waals surface area contributed by atoms with E-state index in [1.54, 1.807) is 0 Å². The standard InChI is InChI=1S/C19H23F2N3O/c1-24(2)15-7-3-13(4-8-15)5-10-19(25)23-12-18(22)16-9-6-14(20)11-17(16)21/h3-4,6-9,11,18H,5,10,12,22H2,1-2H3,(H,23,25). The van der Waals surface area contributed by atoms with E-state index >= 15 is 0 Å². The number of aryl methyl sites for hydroxylation is 1. The predicted octanol–water partition coefficient (Wildman–Crippen LogP) is 2.78. The molecule has 25 heavy (non-hydrogen) atoms. The molecule has 2 aromatic carbocycles. The highest BCUT2D eigenvalue weighted by Crippen LogP contribution is 2.16. The van der Waals surface area contributed by atoms with Gasteiger partial charge in [0.2, 0.25) is 5.91 Å². The second kappa shape index (κ2) is 8.58.